The molecule has 0 spiro atoms. The summed E-state index contributed by atoms with van der Waals surface area (Å²) < 4.78 is 18.7. The first-order chi connectivity index (χ1) is 11.5. The molecule has 130 valence electrons. The first-order valence-electron chi connectivity index (χ1n) is 8.75. The third-order valence-corrected chi connectivity index (χ3v) is 5.62. The van der Waals surface area contributed by atoms with E-state index in [2.05, 4.69) is 19.9 Å². The molecule has 0 aliphatic rings. The van der Waals surface area contributed by atoms with Gasteiger partial charge in [-0.25, -0.2) is 4.57 Å². The zero-order valence-electron chi connectivity index (χ0n) is 14.8. The summed E-state index contributed by atoms with van der Waals surface area (Å²) in [7, 11) is -3.92. The molecular weight excluding hydrogens is 319 g/mol. The van der Waals surface area contributed by atoms with Gasteiger partial charge in [-0.05, 0) is 48.1 Å². The van der Waals surface area contributed by atoms with Crippen molar-refractivity contribution in [3.63, 3.8) is 0 Å². The number of rotatable bonds is 8. The maximum Gasteiger partial charge on any atom is 0.408 e. The highest BCUT2D eigenvalue weighted by Gasteiger charge is 2.29. The van der Waals surface area contributed by atoms with Crippen LogP contribution in [0.5, 0.6) is 5.75 Å². The quantitative estimate of drug-likeness (QED) is 0.681. The molecule has 4 heteroatoms. The lowest BCUT2D eigenvalue weighted by atomic mass is 10.00. The van der Waals surface area contributed by atoms with Crippen molar-refractivity contribution in [1.29, 1.82) is 0 Å². The molecular formula is C20H27O3P. The predicted molar refractivity (Wildman–Crippen MR) is 100 cm³/mol. The van der Waals surface area contributed by atoms with Gasteiger partial charge in [-0.15, -0.1) is 0 Å². The average molecular weight is 346 g/mol. The topological polar surface area (TPSA) is 46.5 Å². The Morgan fingerprint density at radius 1 is 0.917 bits per heavy atom. The van der Waals surface area contributed by atoms with E-state index in [-0.39, 0.29) is 0 Å². The van der Waals surface area contributed by atoms with Crippen molar-refractivity contribution >= 4 is 12.9 Å². The number of hydrogen-bond acceptors (Lipinski definition) is 2. The van der Waals surface area contributed by atoms with Crippen molar-refractivity contribution in [1.82, 2.24) is 0 Å². The lowest BCUT2D eigenvalue weighted by Gasteiger charge is -2.20. The summed E-state index contributed by atoms with van der Waals surface area (Å²) >= 11 is 0. The Morgan fingerprint density at radius 3 is 2.25 bits per heavy atom. The predicted octanol–water partition coefficient (Wildman–Crippen LogP) is 5.04. The van der Waals surface area contributed by atoms with E-state index in [1.165, 1.54) is 0 Å². The molecule has 0 aromatic heterocycles. The van der Waals surface area contributed by atoms with Crippen molar-refractivity contribution in [2.75, 3.05) is 0 Å². The Bertz CT molecular complexity index is 725. The molecule has 0 radical (unpaired) electrons. The molecule has 3 nitrogen and oxygen atoms in total. The van der Waals surface area contributed by atoms with E-state index in [0.29, 0.717) is 11.1 Å². The van der Waals surface area contributed by atoms with Crippen LogP contribution in [-0.2, 0) is 23.8 Å². The summed E-state index contributed by atoms with van der Waals surface area (Å²) in [6.07, 6.45) is 4.39. The lowest BCUT2D eigenvalue weighted by Crippen LogP contribution is -2.17. The monoisotopic (exact) mass is 346 g/mol. The Balaban J connectivity index is 2.44. The van der Waals surface area contributed by atoms with Crippen LogP contribution in [0, 0.1) is 0 Å². The summed E-state index contributed by atoms with van der Waals surface area (Å²) in [6.45, 7) is 6.21. The molecule has 2 aromatic carbocycles. The molecule has 1 atom stereocenters. The molecule has 0 heterocycles. The number of benzene rings is 2. The second-order valence-electron chi connectivity index (χ2n) is 5.99. The first-order valence-corrected chi connectivity index (χ1v) is 10.3. The van der Waals surface area contributed by atoms with E-state index in [9.17, 15) is 9.46 Å². The maximum atomic E-state index is 13.0. The highest BCUT2D eigenvalue weighted by atomic mass is 31.2. The van der Waals surface area contributed by atoms with Gasteiger partial charge < -0.3 is 9.42 Å². The van der Waals surface area contributed by atoms with Gasteiger partial charge in [-0.1, -0.05) is 63.9 Å². The number of aryl methyl sites for hydroxylation is 2. The van der Waals surface area contributed by atoms with Crippen molar-refractivity contribution in [3.05, 3.63) is 59.2 Å². The number of para-hydroxylation sites is 1. The zero-order chi connectivity index (χ0) is 17.6. The fraction of sp³-hybridized carbons (Fsp3) is 0.400. The molecule has 0 saturated carbocycles. The molecule has 0 aliphatic carbocycles. The van der Waals surface area contributed by atoms with E-state index >= 15 is 0 Å². The standard InChI is InChI=1S/C20H27O3P/c1-4-10-17-13-9-15-20(18(17)11-5-2)24(21,22)23-19-14-8-7-12-16(19)6-3/h7-9,12-15H,4-6,10-11H2,1-3H3,(H,21,22). The second-order valence-corrected chi connectivity index (χ2v) is 7.69. The van der Waals surface area contributed by atoms with Crippen LogP contribution in [0.1, 0.15) is 50.3 Å². The fourth-order valence-corrected chi connectivity index (χ4v) is 4.41. The molecule has 1 N–H and O–H groups in total. The second kappa shape index (κ2) is 8.50. The summed E-state index contributed by atoms with van der Waals surface area (Å²) in [5.41, 5.74) is 3.06. The number of hydrogen-bond donors (Lipinski definition) is 1. The van der Waals surface area contributed by atoms with Crippen molar-refractivity contribution in [2.24, 2.45) is 0 Å². The third kappa shape index (κ3) is 4.28. The summed E-state index contributed by atoms with van der Waals surface area (Å²) in [5, 5.41) is 0.446. The molecule has 0 saturated heterocycles. The van der Waals surface area contributed by atoms with Crippen LogP contribution >= 0.6 is 7.60 Å². The minimum Gasteiger partial charge on any atom is -0.421 e. The Morgan fingerprint density at radius 2 is 1.58 bits per heavy atom. The minimum absolute atomic E-state index is 0.446. The highest BCUT2D eigenvalue weighted by Crippen LogP contribution is 2.44. The van der Waals surface area contributed by atoms with E-state index < -0.39 is 7.60 Å². The van der Waals surface area contributed by atoms with Gasteiger partial charge in [0.25, 0.3) is 0 Å². The van der Waals surface area contributed by atoms with Crippen LogP contribution in [0.4, 0.5) is 0 Å². The van der Waals surface area contributed by atoms with Gasteiger partial charge in [-0.2, -0.15) is 0 Å². The molecule has 2 aromatic rings. The van der Waals surface area contributed by atoms with Gasteiger partial charge in [-0.3, -0.25) is 0 Å². The largest absolute Gasteiger partial charge is 0.421 e. The van der Waals surface area contributed by atoms with Gasteiger partial charge in [0.15, 0.2) is 0 Å². The molecule has 0 aliphatic heterocycles. The van der Waals surface area contributed by atoms with E-state index in [0.717, 1.165) is 48.8 Å². The van der Waals surface area contributed by atoms with Gasteiger partial charge in [0.2, 0.25) is 0 Å². The maximum absolute atomic E-state index is 13.0. The van der Waals surface area contributed by atoms with Crippen LogP contribution in [-0.4, -0.2) is 4.89 Å². The Kier molecular flexibility index (Phi) is 6.65. The smallest absolute Gasteiger partial charge is 0.408 e. The molecule has 0 bridgehead atoms. The van der Waals surface area contributed by atoms with Gasteiger partial charge in [0, 0.05) is 0 Å². The summed E-state index contributed by atoms with van der Waals surface area (Å²) in [4.78, 5) is 10.7. The van der Waals surface area contributed by atoms with Gasteiger partial charge >= 0.3 is 7.60 Å². The van der Waals surface area contributed by atoms with E-state index in [1.54, 1.807) is 12.1 Å². The van der Waals surface area contributed by atoms with E-state index in [1.807, 2.05) is 31.2 Å². The van der Waals surface area contributed by atoms with E-state index in [4.69, 9.17) is 4.52 Å². The Hall–Kier alpha value is -1.57. The van der Waals surface area contributed by atoms with Crippen LogP contribution < -0.4 is 9.83 Å². The van der Waals surface area contributed by atoms with Crippen LogP contribution in [0.2, 0.25) is 0 Å². The van der Waals surface area contributed by atoms with Gasteiger partial charge in [0.1, 0.15) is 5.75 Å². The Labute approximate surface area is 145 Å². The molecule has 2 rings (SSSR count). The van der Waals surface area contributed by atoms with Crippen molar-refractivity contribution < 1.29 is 14.0 Å². The SMILES string of the molecule is CCCc1cccc(P(=O)(O)Oc2ccccc2CC)c1CCC. The average Bonchev–Trinajstić information content (AvgIpc) is 2.57. The van der Waals surface area contributed by atoms with Crippen molar-refractivity contribution in [3.8, 4) is 5.75 Å². The van der Waals surface area contributed by atoms with Crippen molar-refractivity contribution in [2.45, 2.75) is 52.9 Å². The minimum atomic E-state index is -3.92. The third-order valence-electron chi connectivity index (χ3n) is 4.15. The van der Waals surface area contributed by atoms with Crippen LogP contribution in [0.25, 0.3) is 0 Å². The van der Waals surface area contributed by atoms with Gasteiger partial charge in [0.05, 0.1) is 5.30 Å². The van der Waals surface area contributed by atoms with Crippen LogP contribution in [0.15, 0.2) is 42.5 Å². The van der Waals surface area contributed by atoms with Crippen LogP contribution in [0.3, 0.4) is 0 Å². The molecule has 1 unspecified atom stereocenters. The highest BCUT2D eigenvalue weighted by molar-refractivity contribution is 7.61. The lowest BCUT2D eigenvalue weighted by molar-refractivity contribution is 0.391. The summed E-state index contributed by atoms with van der Waals surface area (Å²) in [5.74, 6) is 0.495. The summed E-state index contributed by atoms with van der Waals surface area (Å²) in [6, 6.07) is 13.1. The molecule has 0 amide bonds. The molecule has 24 heavy (non-hydrogen) atoms. The zero-order valence-corrected chi connectivity index (χ0v) is 15.7. The normalized spacial score (nSPS) is 13.5. The fourth-order valence-electron chi connectivity index (χ4n) is 3.00. The first kappa shape index (κ1) is 18.8. The molecule has 0 fully saturated rings.